The van der Waals surface area contributed by atoms with Gasteiger partial charge in [0, 0.05) is 25.2 Å². The van der Waals surface area contributed by atoms with E-state index < -0.39 is 24.3 Å². The topological polar surface area (TPSA) is 72.0 Å². The fraction of sp³-hybridized carbons (Fsp3) is 0.409. The van der Waals surface area contributed by atoms with Crippen molar-refractivity contribution in [1.82, 2.24) is 14.8 Å². The highest BCUT2D eigenvalue weighted by Gasteiger charge is 2.44. The number of hydrogen-bond acceptors (Lipinski definition) is 6. The van der Waals surface area contributed by atoms with E-state index in [1.165, 1.54) is 24.4 Å². The van der Waals surface area contributed by atoms with Crippen molar-refractivity contribution in [3.63, 3.8) is 0 Å². The van der Waals surface area contributed by atoms with E-state index in [1.54, 1.807) is 12.1 Å². The number of benzene rings is 1. The van der Waals surface area contributed by atoms with Crippen LogP contribution in [0.3, 0.4) is 0 Å². The molecule has 0 radical (unpaired) electrons. The lowest BCUT2D eigenvalue weighted by molar-refractivity contribution is -0.211. The van der Waals surface area contributed by atoms with Crippen LogP contribution in [0.5, 0.6) is 11.5 Å². The molecule has 3 rings (SSSR count). The second-order valence-electron chi connectivity index (χ2n) is 7.86. The van der Waals surface area contributed by atoms with Crippen LogP contribution < -0.4 is 4.74 Å². The number of carbonyl (C=O) groups excluding carboxylic acids is 2. The van der Waals surface area contributed by atoms with E-state index >= 15 is 0 Å². The number of carbonyl (C=O) groups is 2. The summed E-state index contributed by atoms with van der Waals surface area (Å²) in [6.07, 6.45) is -4.81. The number of alkyl halides is 3. The monoisotopic (exact) mass is 519 g/mol. The van der Waals surface area contributed by atoms with Crippen LogP contribution in [0.15, 0.2) is 36.5 Å². The van der Waals surface area contributed by atoms with Gasteiger partial charge in [-0.1, -0.05) is 23.2 Å². The Morgan fingerprint density at radius 3 is 2.38 bits per heavy atom. The molecule has 1 aromatic carbocycles. The van der Waals surface area contributed by atoms with Crippen LogP contribution in [0.1, 0.15) is 30.8 Å². The first kappa shape index (κ1) is 26.1. The van der Waals surface area contributed by atoms with Gasteiger partial charge >= 0.3 is 12.1 Å². The van der Waals surface area contributed by atoms with Crippen molar-refractivity contribution in [2.75, 3.05) is 19.6 Å². The van der Waals surface area contributed by atoms with E-state index in [2.05, 4.69) is 4.98 Å². The first-order chi connectivity index (χ1) is 16.0. The van der Waals surface area contributed by atoms with Crippen LogP contribution in [0.25, 0.3) is 0 Å². The van der Waals surface area contributed by atoms with Gasteiger partial charge in [0.15, 0.2) is 6.23 Å². The third-order valence-corrected chi connectivity index (χ3v) is 5.87. The summed E-state index contributed by atoms with van der Waals surface area (Å²) in [6, 6.07) is 7.52. The Labute approximate surface area is 204 Å². The van der Waals surface area contributed by atoms with Crippen LogP contribution in [0.4, 0.5) is 13.2 Å². The number of halogens is 5. The number of aromatic nitrogens is 1. The summed E-state index contributed by atoms with van der Waals surface area (Å²) in [7, 11) is 0. The Balaban J connectivity index is 1.78. The van der Waals surface area contributed by atoms with Gasteiger partial charge in [0.05, 0.1) is 22.8 Å². The second-order valence-corrected chi connectivity index (χ2v) is 8.67. The average molecular weight is 520 g/mol. The summed E-state index contributed by atoms with van der Waals surface area (Å²) in [6.45, 7) is 4.32. The molecular formula is C22H22Cl2F3N3O4. The minimum atomic E-state index is -5.18. The van der Waals surface area contributed by atoms with Gasteiger partial charge in [-0.15, -0.1) is 0 Å². The van der Waals surface area contributed by atoms with Crippen molar-refractivity contribution in [2.45, 2.75) is 38.7 Å². The lowest BCUT2D eigenvalue weighted by Gasteiger charge is -2.32. The number of nitrogens with zero attached hydrogens (tertiary/aromatic N) is 3. The first-order valence-corrected chi connectivity index (χ1v) is 11.1. The van der Waals surface area contributed by atoms with E-state index in [1.807, 2.05) is 18.7 Å². The molecule has 1 unspecified atom stereocenters. The van der Waals surface area contributed by atoms with Gasteiger partial charge in [-0.05, 0) is 44.5 Å². The molecule has 0 saturated carbocycles. The van der Waals surface area contributed by atoms with Gasteiger partial charge in [-0.25, -0.2) is 9.78 Å². The molecule has 184 valence electrons. The molecule has 34 heavy (non-hydrogen) atoms. The molecule has 0 bridgehead atoms. The summed E-state index contributed by atoms with van der Waals surface area (Å²) >= 11 is 11.8. The van der Waals surface area contributed by atoms with Crippen molar-refractivity contribution < 1.29 is 32.2 Å². The van der Waals surface area contributed by atoms with Crippen molar-refractivity contribution in [1.29, 1.82) is 0 Å². The van der Waals surface area contributed by atoms with Crippen LogP contribution in [0.2, 0.25) is 10.0 Å². The third-order valence-electron chi connectivity index (χ3n) is 5.13. The highest BCUT2D eigenvalue weighted by Crippen LogP contribution is 2.29. The Morgan fingerprint density at radius 1 is 1.09 bits per heavy atom. The van der Waals surface area contributed by atoms with E-state index in [0.29, 0.717) is 34.5 Å². The molecule has 1 aliphatic heterocycles. The smallest absolute Gasteiger partial charge is 0.456 e. The molecule has 7 nitrogen and oxygen atoms in total. The molecule has 1 fully saturated rings. The number of ether oxygens (including phenoxy) is 2. The van der Waals surface area contributed by atoms with E-state index in [9.17, 15) is 22.8 Å². The van der Waals surface area contributed by atoms with Gasteiger partial charge in [-0.3, -0.25) is 9.69 Å². The Morgan fingerprint density at radius 2 is 1.79 bits per heavy atom. The zero-order valence-corrected chi connectivity index (χ0v) is 19.8. The van der Waals surface area contributed by atoms with Crippen LogP contribution >= 0.6 is 23.2 Å². The minimum Gasteiger partial charge on any atom is -0.456 e. The number of rotatable bonds is 5. The summed E-state index contributed by atoms with van der Waals surface area (Å²) < 4.78 is 48.9. The number of esters is 1. The number of amides is 1. The molecule has 0 N–H and O–H groups in total. The van der Waals surface area contributed by atoms with Crippen molar-refractivity contribution in [2.24, 2.45) is 0 Å². The lowest BCUT2D eigenvalue weighted by Crippen LogP contribution is -2.49. The lowest BCUT2D eigenvalue weighted by atomic mass is 10.2. The van der Waals surface area contributed by atoms with Crippen LogP contribution in [0, 0.1) is 0 Å². The van der Waals surface area contributed by atoms with E-state index in [0.717, 1.165) is 4.90 Å². The zero-order chi connectivity index (χ0) is 25.0. The van der Waals surface area contributed by atoms with Crippen molar-refractivity contribution >= 4 is 35.1 Å². The Kier molecular flexibility index (Phi) is 8.27. The fourth-order valence-electron chi connectivity index (χ4n) is 3.36. The average Bonchev–Trinajstić information content (AvgIpc) is 2.98. The molecule has 0 spiro atoms. The minimum absolute atomic E-state index is 0.0157. The van der Waals surface area contributed by atoms with Crippen molar-refractivity contribution in [3.05, 3.63) is 52.3 Å². The predicted octanol–water partition coefficient (Wildman–Crippen LogP) is 5.17. The molecule has 12 heteroatoms. The van der Waals surface area contributed by atoms with Gasteiger partial charge in [0.1, 0.15) is 17.2 Å². The number of hydrogen-bond donors (Lipinski definition) is 0. The maximum absolute atomic E-state index is 13.1. The van der Waals surface area contributed by atoms with E-state index in [4.69, 9.17) is 32.7 Å². The van der Waals surface area contributed by atoms with Gasteiger partial charge < -0.3 is 14.4 Å². The molecule has 1 saturated heterocycles. The van der Waals surface area contributed by atoms with Crippen molar-refractivity contribution in [3.8, 4) is 11.5 Å². The van der Waals surface area contributed by atoms with Gasteiger partial charge in [-0.2, -0.15) is 13.2 Å². The Hall–Kier alpha value is -2.56. The van der Waals surface area contributed by atoms with Crippen LogP contribution in [-0.2, 0) is 9.53 Å². The summed E-state index contributed by atoms with van der Waals surface area (Å²) in [5, 5.41) is 0.664. The molecule has 1 atom stereocenters. The van der Waals surface area contributed by atoms with Gasteiger partial charge in [0.2, 0.25) is 0 Å². The third kappa shape index (κ3) is 6.52. The molecule has 1 aliphatic rings. The highest BCUT2D eigenvalue weighted by atomic mass is 35.5. The normalized spacial score (nSPS) is 17.4. The summed E-state index contributed by atoms with van der Waals surface area (Å²) in [5.74, 6) is -2.31. The maximum Gasteiger partial charge on any atom is 0.491 e. The maximum atomic E-state index is 13.1. The zero-order valence-electron chi connectivity index (χ0n) is 18.3. The van der Waals surface area contributed by atoms with E-state index in [-0.39, 0.29) is 24.8 Å². The SMILES string of the molecule is CC(C)N1CCCN(C(=O)c2ccc(Oc3ccc(Cl)c(Cl)c3)cn2)C(OC(=O)C(F)(F)F)C1. The second kappa shape index (κ2) is 10.8. The standard InChI is InChI=1S/C22H22Cl2F3N3O4/c1-13(2)29-8-3-9-30(19(12-29)34-21(32)22(25,26)27)20(31)18-7-5-15(11-28-18)33-14-4-6-16(23)17(24)10-14/h4-7,10-11,13,19H,3,8-9,12H2,1-2H3. The molecule has 2 heterocycles. The predicted molar refractivity (Wildman–Crippen MR) is 119 cm³/mol. The first-order valence-electron chi connectivity index (χ1n) is 10.4. The number of pyridine rings is 1. The highest BCUT2D eigenvalue weighted by molar-refractivity contribution is 6.42. The molecular weight excluding hydrogens is 498 g/mol. The largest absolute Gasteiger partial charge is 0.491 e. The summed E-state index contributed by atoms with van der Waals surface area (Å²) in [5.41, 5.74) is -0.0347. The fourth-order valence-corrected chi connectivity index (χ4v) is 3.65. The molecule has 2 aromatic rings. The quantitative estimate of drug-likeness (QED) is 0.507. The summed E-state index contributed by atoms with van der Waals surface area (Å²) in [4.78, 5) is 31.7. The Bertz CT molecular complexity index is 1040. The van der Waals surface area contributed by atoms with Gasteiger partial charge in [0.25, 0.3) is 5.91 Å². The molecule has 0 aliphatic carbocycles. The van der Waals surface area contributed by atoms with Crippen LogP contribution in [-0.4, -0.2) is 64.7 Å². The molecule has 1 amide bonds. The molecule has 1 aromatic heterocycles.